The van der Waals surface area contributed by atoms with Crippen LogP contribution in [0.5, 0.6) is 0 Å². The van der Waals surface area contributed by atoms with Crippen molar-refractivity contribution in [3.63, 3.8) is 0 Å². The van der Waals surface area contributed by atoms with Crippen LogP contribution in [0.15, 0.2) is 36.4 Å². The molecule has 1 saturated carbocycles. The van der Waals surface area contributed by atoms with Crippen LogP contribution in [0.3, 0.4) is 0 Å². The number of amides is 1. The van der Waals surface area contributed by atoms with Gasteiger partial charge in [0.25, 0.3) is 0 Å². The van der Waals surface area contributed by atoms with E-state index in [1.165, 1.54) is 18.2 Å². The van der Waals surface area contributed by atoms with Crippen molar-refractivity contribution in [3.8, 4) is 11.1 Å². The molecule has 0 bridgehead atoms. The normalized spacial score (nSPS) is 20.6. The molecule has 0 radical (unpaired) electrons. The Labute approximate surface area is 200 Å². The molecule has 2 aliphatic carbocycles. The summed E-state index contributed by atoms with van der Waals surface area (Å²) in [6, 6.07) is 11.6. The lowest BCUT2D eigenvalue weighted by molar-refractivity contribution is -0.139. The van der Waals surface area contributed by atoms with Gasteiger partial charge in [-0.05, 0) is 59.4 Å². The number of alkyl carbamates (subject to hydrolysis) is 1. The monoisotopic (exact) mass is 464 g/mol. The molecular weight excluding hydrogens is 432 g/mol. The molecule has 34 heavy (non-hydrogen) atoms. The molecule has 1 saturated heterocycles. The summed E-state index contributed by atoms with van der Waals surface area (Å²) in [6.45, 7) is 4.11. The minimum Gasteiger partial charge on any atom is -0.480 e. The molecule has 1 heterocycles. The van der Waals surface area contributed by atoms with Crippen LogP contribution in [0.4, 0.5) is 10.5 Å². The Morgan fingerprint density at radius 1 is 1.21 bits per heavy atom. The van der Waals surface area contributed by atoms with Crippen molar-refractivity contribution in [2.45, 2.75) is 70.1 Å². The third-order valence-corrected chi connectivity index (χ3v) is 7.68. The van der Waals surface area contributed by atoms with Gasteiger partial charge in [0.15, 0.2) is 6.04 Å². The number of aliphatic carboxylic acids is 1. The maximum atomic E-state index is 12.4. The highest BCUT2D eigenvalue weighted by Crippen LogP contribution is 2.51. The molecule has 1 spiro atoms. The molecule has 2 fully saturated rings. The number of nitrogens with one attached hydrogen (secondary N) is 1. The van der Waals surface area contributed by atoms with Crippen LogP contribution < -0.4 is 10.4 Å². The first-order valence-corrected chi connectivity index (χ1v) is 12.1. The van der Waals surface area contributed by atoms with Crippen LogP contribution in [-0.2, 0) is 27.2 Å². The molecule has 2 aromatic rings. The van der Waals surface area contributed by atoms with Crippen molar-refractivity contribution in [2.75, 3.05) is 12.2 Å². The second kappa shape index (κ2) is 8.62. The molecule has 2 unspecified atom stereocenters. The molecule has 2 atom stereocenters. The summed E-state index contributed by atoms with van der Waals surface area (Å²) in [5.41, 5.74) is 6.08. The fourth-order valence-corrected chi connectivity index (χ4v) is 5.58. The van der Waals surface area contributed by atoms with E-state index in [0.717, 1.165) is 48.1 Å². The van der Waals surface area contributed by atoms with Crippen LogP contribution in [-0.4, -0.2) is 42.0 Å². The van der Waals surface area contributed by atoms with Gasteiger partial charge in [-0.1, -0.05) is 50.2 Å². The van der Waals surface area contributed by atoms with E-state index >= 15 is 0 Å². The second-order valence-electron chi connectivity index (χ2n) is 10.1. The molecule has 7 nitrogen and oxygen atoms in total. The van der Waals surface area contributed by atoms with Crippen molar-refractivity contribution in [1.82, 2.24) is 5.32 Å². The number of carbonyl (C=O) groups is 2. The number of rotatable bonds is 6. The maximum absolute atomic E-state index is 12.4. The second-order valence-corrected chi connectivity index (χ2v) is 10.1. The number of hydrogen-bond acceptors (Lipinski definition) is 5. The van der Waals surface area contributed by atoms with E-state index in [2.05, 4.69) is 43.4 Å². The van der Waals surface area contributed by atoms with E-state index in [4.69, 9.17) is 9.57 Å². The zero-order chi connectivity index (χ0) is 24.0. The van der Waals surface area contributed by atoms with E-state index in [1.807, 2.05) is 12.1 Å². The predicted molar refractivity (Wildman–Crippen MR) is 129 cm³/mol. The average Bonchev–Trinajstić information content (AvgIpc) is 3.37. The van der Waals surface area contributed by atoms with E-state index in [1.54, 1.807) is 5.06 Å². The van der Waals surface area contributed by atoms with Gasteiger partial charge < -0.3 is 15.2 Å². The summed E-state index contributed by atoms with van der Waals surface area (Å²) in [5, 5.41) is 14.8. The molecule has 1 amide bonds. The van der Waals surface area contributed by atoms with Gasteiger partial charge in [0.05, 0.1) is 18.4 Å². The molecule has 5 rings (SSSR count). The lowest BCUT2D eigenvalue weighted by atomic mass is 9.77. The van der Waals surface area contributed by atoms with Gasteiger partial charge >= 0.3 is 12.1 Å². The van der Waals surface area contributed by atoms with Crippen LogP contribution in [0.2, 0.25) is 0 Å². The van der Waals surface area contributed by atoms with Gasteiger partial charge in [0, 0.05) is 18.9 Å². The lowest BCUT2D eigenvalue weighted by Gasteiger charge is -2.37. The predicted octanol–water partition coefficient (Wildman–Crippen LogP) is 4.70. The third kappa shape index (κ3) is 3.82. The highest BCUT2D eigenvalue weighted by molar-refractivity contribution is 5.86. The Morgan fingerprint density at radius 2 is 1.97 bits per heavy atom. The highest BCUT2D eigenvalue weighted by Gasteiger charge is 2.53. The van der Waals surface area contributed by atoms with E-state index in [9.17, 15) is 14.7 Å². The van der Waals surface area contributed by atoms with E-state index in [0.29, 0.717) is 12.8 Å². The third-order valence-electron chi connectivity index (χ3n) is 7.68. The van der Waals surface area contributed by atoms with Gasteiger partial charge in [-0.15, -0.1) is 0 Å². The lowest BCUT2D eigenvalue weighted by Crippen LogP contribution is -2.41. The van der Waals surface area contributed by atoms with Crippen molar-refractivity contribution in [1.29, 1.82) is 0 Å². The molecule has 180 valence electrons. The number of benzene rings is 2. The molecule has 3 aliphatic rings. The molecule has 2 N–H and O–H groups in total. The molecule has 7 heteroatoms. The molecular formula is C27H32N2O5. The van der Waals surface area contributed by atoms with Gasteiger partial charge in [0.1, 0.15) is 0 Å². The maximum Gasteiger partial charge on any atom is 0.407 e. The summed E-state index contributed by atoms with van der Waals surface area (Å²) in [6.07, 6.45) is 4.13. The average molecular weight is 465 g/mol. The number of carboxylic acid groups (broad SMARTS) is 1. The Bertz CT molecular complexity index is 1120. The number of carbonyl (C=O) groups excluding carboxylic acids is 1. The van der Waals surface area contributed by atoms with Crippen LogP contribution in [0, 0.1) is 5.92 Å². The standard InChI is InChI=1S/C27H32N2O5/c1-16(2)22(28-26(32)33-3)14-18-9-10-20-19-8-5-4-7-17(19)13-21(20)24(18)29-23(25(30)31)15-27(34-29)11-6-12-27/h4-5,7-10,16,22-23H,6,11-15H2,1-3H3,(H,28,32)(H,30,31). The van der Waals surface area contributed by atoms with Gasteiger partial charge in [0.2, 0.25) is 0 Å². The van der Waals surface area contributed by atoms with Crippen molar-refractivity contribution in [2.24, 2.45) is 5.92 Å². The number of hydrogen-bond donors (Lipinski definition) is 2. The molecule has 0 aromatic heterocycles. The fraction of sp³-hybridized carbons (Fsp3) is 0.481. The minimum absolute atomic E-state index is 0.158. The summed E-state index contributed by atoms with van der Waals surface area (Å²) in [7, 11) is 1.36. The molecule has 1 aliphatic heterocycles. The number of fused-ring (bicyclic) bond motifs is 3. The summed E-state index contributed by atoms with van der Waals surface area (Å²) in [5.74, 6) is -0.707. The van der Waals surface area contributed by atoms with Crippen molar-refractivity contribution in [3.05, 3.63) is 53.1 Å². The number of nitrogens with zero attached hydrogens (tertiary/aromatic N) is 1. The molecule has 2 aromatic carbocycles. The summed E-state index contributed by atoms with van der Waals surface area (Å²) in [4.78, 5) is 30.9. The van der Waals surface area contributed by atoms with Gasteiger partial charge in [-0.2, -0.15) is 0 Å². The summed E-state index contributed by atoms with van der Waals surface area (Å²) >= 11 is 0. The smallest absolute Gasteiger partial charge is 0.407 e. The Balaban J connectivity index is 1.61. The van der Waals surface area contributed by atoms with Crippen LogP contribution in [0.1, 0.15) is 56.2 Å². The SMILES string of the molecule is COC(=O)NC(Cc1ccc2c(c1N1OC3(CCC3)CC1C(=O)O)Cc1ccccc1-2)C(C)C. The summed E-state index contributed by atoms with van der Waals surface area (Å²) < 4.78 is 4.85. The fourth-order valence-electron chi connectivity index (χ4n) is 5.58. The number of carboxylic acids is 1. The van der Waals surface area contributed by atoms with Gasteiger partial charge in [-0.3, -0.25) is 4.84 Å². The number of hydroxylamine groups is 1. The quantitative estimate of drug-likeness (QED) is 0.550. The van der Waals surface area contributed by atoms with Crippen molar-refractivity contribution >= 4 is 17.7 Å². The van der Waals surface area contributed by atoms with E-state index < -0.39 is 18.1 Å². The number of ether oxygens (including phenoxy) is 1. The first kappa shape index (κ1) is 22.7. The topological polar surface area (TPSA) is 88.1 Å². The minimum atomic E-state index is -0.865. The Morgan fingerprint density at radius 3 is 2.62 bits per heavy atom. The Kier molecular flexibility index (Phi) is 5.76. The van der Waals surface area contributed by atoms with E-state index in [-0.39, 0.29) is 17.6 Å². The number of anilines is 1. The van der Waals surface area contributed by atoms with Crippen LogP contribution >= 0.6 is 0 Å². The largest absolute Gasteiger partial charge is 0.480 e. The number of methoxy groups -OCH3 is 1. The van der Waals surface area contributed by atoms with Crippen molar-refractivity contribution < 1.29 is 24.3 Å². The first-order valence-electron chi connectivity index (χ1n) is 12.1. The first-order chi connectivity index (χ1) is 16.3. The highest BCUT2D eigenvalue weighted by atomic mass is 16.7. The zero-order valence-electron chi connectivity index (χ0n) is 20.0. The Hall–Kier alpha value is -3.06. The van der Waals surface area contributed by atoms with Crippen LogP contribution in [0.25, 0.3) is 11.1 Å². The zero-order valence-corrected chi connectivity index (χ0v) is 20.0. The van der Waals surface area contributed by atoms with Gasteiger partial charge in [-0.25, -0.2) is 14.7 Å².